The first-order valence-corrected chi connectivity index (χ1v) is 8.02. The van der Waals surface area contributed by atoms with E-state index >= 15 is 0 Å². The minimum Gasteiger partial charge on any atom is -0.378 e. The van der Waals surface area contributed by atoms with Crippen molar-refractivity contribution in [2.24, 2.45) is 10.7 Å². The van der Waals surface area contributed by atoms with Crippen molar-refractivity contribution in [2.75, 3.05) is 13.2 Å². The van der Waals surface area contributed by atoms with Crippen molar-refractivity contribution in [3.05, 3.63) is 0 Å². The summed E-state index contributed by atoms with van der Waals surface area (Å²) in [7, 11) is 0. The molecule has 0 spiro atoms. The lowest BCUT2D eigenvalue weighted by Crippen LogP contribution is -2.40. The van der Waals surface area contributed by atoms with Gasteiger partial charge in [0.25, 0.3) is 0 Å². The van der Waals surface area contributed by atoms with Gasteiger partial charge in [-0.15, -0.1) is 24.0 Å². The molecule has 3 N–H and O–H groups in total. The van der Waals surface area contributed by atoms with Crippen LogP contribution >= 0.6 is 24.0 Å². The summed E-state index contributed by atoms with van der Waals surface area (Å²) in [5.74, 6) is 0.628. The number of hydrogen-bond acceptors (Lipinski definition) is 2. The van der Waals surface area contributed by atoms with E-state index in [0.717, 1.165) is 19.6 Å². The van der Waals surface area contributed by atoms with Crippen molar-refractivity contribution in [3.8, 4) is 0 Å². The van der Waals surface area contributed by atoms with Crippen LogP contribution in [0.25, 0.3) is 0 Å². The summed E-state index contributed by atoms with van der Waals surface area (Å²) >= 11 is 0. The number of nitrogens with one attached hydrogen (secondary N) is 1. The van der Waals surface area contributed by atoms with Crippen molar-refractivity contribution >= 4 is 29.9 Å². The van der Waals surface area contributed by atoms with Crippen LogP contribution in [0.3, 0.4) is 0 Å². The Balaban J connectivity index is 0.00000200. The first-order valence-electron chi connectivity index (χ1n) is 8.02. The SMILES string of the molecule is I.NC(=NCCC1CCCCO1)NC1CCCCCC1. The van der Waals surface area contributed by atoms with Crippen molar-refractivity contribution < 1.29 is 4.74 Å². The van der Waals surface area contributed by atoms with Gasteiger partial charge in [0.15, 0.2) is 5.96 Å². The molecule has 0 aromatic carbocycles. The lowest BCUT2D eigenvalue weighted by Gasteiger charge is -2.22. The molecule has 1 aliphatic heterocycles. The largest absolute Gasteiger partial charge is 0.378 e. The third-order valence-corrected chi connectivity index (χ3v) is 4.21. The minimum atomic E-state index is 0. The van der Waals surface area contributed by atoms with E-state index in [4.69, 9.17) is 10.5 Å². The van der Waals surface area contributed by atoms with E-state index in [1.165, 1.54) is 57.8 Å². The van der Waals surface area contributed by atoms with Crippen LogP contribution < -0.4 is 11.1 Å². The van der Waals surface area contributed by atoms with Gasteiger partial charge in [0.05, 0.1) is 6.10 Å². The number of nitrogens with two attached hydrogens (primary N) is 1. The average Bonchev–Trinajstić information content (AvgIpc) is 2.68. The number of aliphatic imine (C=N–C) groups is 1. The highest BCUT2D eigenvalue weighted by Gasteiger charge is 2.14. The Hall–Kier alpha value is -0.0400. The Kier molecular flexibility index (Phi) is 9.59. The first-order chi connectivity index (χ1) is 9.34. The van der Waals surface area contributed by atoms with Crippen LogP contribution in [0.5, 0.6) is 0 Å². The number of ether oxygens (including phenoxy) is 1. The van der Waals surface area contributed by atoms with Gasteiger partial charge in [0.1, 0.15) is 0 Å². The van der Waals surface area contributed by atoms with E-state index in [1.54, 1.807) is 0 Å². The molecular formula is C15H30IN3O. The smallest absolute Gasteiger partial charge is 0.188 e. The van der Waals surface area contributed by atoms with Crippen LogP contribution in [0.15, 0.2) is 4.99 Å². The zero-order valence-electron chi connectivity index (χ0n) is 12.5. The zero-order chi connectivity index (χ0) is 13.3. The third-order valence-electron chi connectivity index (χ3n) is 4.21. The van der Waals surface area contributed by atoms with Crippen LogP contribution in [0.1, 0.15) is 64.2 Å². The second-order valence-corrected chi connectivity index (χ2v) is 5.88. The van der Waals surface area contributed by atoms with Gasteiger partial charge in [-0.3, -0.25) is 4.99 Å². The van der Waals surface area contributed by atoms with E-state index in [9.17, 15) is 0 Å². The Labute approximate surface area is 140 Å². The Morgan fingerprint density at radius 1 is 1.05 bits per heavy atom. The van der Waals surface area contributed by atoms with E-state index < -0.39 is 0 Å². The van der Waals surface area contributed by atoms with E-state index in [-0.39, 0.29) is 24.0 Å². The van der Waals surface area contributed by atoms with Crippen LogP contribution in [-0.2, 0) is 4.74 Å². The Bertz CT molecular complexity index is 272. The summed E-state index contributed by atoms with van der Waals surface area (Å²) in [6.07, 6.45) is 13.0. The molecule has 0 radical (unpaired) electrons. The van der Waals surface area contributed by atoms with Gasteiger partial charge in [0.2, 0.25) is 0 Å². The maximum atomic E-state index is 5.97. The van der Waals surface area contributed by atoms with E-state index in [0.29, 0.717) is 18.1 Å². The molecule has 0 bridgehead atoms. The highest BCUT2D eigenvalue weighted by molar-refractivity contribution is 14.0. The normalized spacial score (nSPS) is 25.6. The molecule has 4 nitrogen and oxygen atoms in total. The summed E-state index contributed by atoms with van der Waals surface area (Å²) in [4.78, 5) is 4.45. The van der Waals surface area contributed by atoms with Gasteiger partial charge < -0.3 is 15.8 Å². The van der Waals surface area contributed by atoms with Gasteiger partial charge in [-0.2, -0.15) is 0 Å². The number of halogens is 1. The van der Waals surface area contributed by atoms with Crippen molar-refractivity contribution in [3.63, 3.8) is 0 Å². The summed E-state index contributed by atoms with van der Waals surface area (Å²) in [5, 5.41) is 3.38. The average molecular weight is 395 g/mol. The summed E-state index contributed by atoms with van der Waals surface area (Å²) in [6, 6.07) is 0.539. The molecule has 1 saturated carbocycles. The number of nitrogens with zero attached hydrogens (tertiary/aromatic N) is 1. The lowest BCUT2D eigenvalue weighted by atomic mass is 10.1. The summed E-state index contributed by atoms with van der Waals surface area (Å²) in [6.45, 7) is 1.71. The zero-order valence-corrected chi connectivity index (χ0v) is 14.8. The fraction of sp³-hybridized carbons (Fsp3) is 0.933. The lowest BCUT2D eigenvalue weighted by molar-refractivity contribution is 0.0129. The third kappa shape index (κ3) is 7.11. The van der Waals surface area contributed by atoms with Gasteiger partial charge in [-0.25, -0.2) is 0 Å². The highest BCUT2D eigenvalue weighted by Crippen LogP contribution is 2.17. The first kappa shape index (κ1) is 18.0. The van der Waals surface area contributed by atoms with Gasteiger partial charge in [0, 0.05) is 19.2 Å². The molecule has 118 valence electrons. The fourth-order valence-electron chi connectivity index (χ4n) is 3.04. The molecule has 1 heterocycles. The van der Waals surface area contributed by atoms with E-state index in [1.807, 2.05) is 0 Å². The molecule has 1 unspecified atom stereocenters. The van der Waals surface area contributed by atoms with Crippen LogP contribution in [-0.4, -0.2) is 31.3 Å². The fourth-order valence-corrected chi connectivity index (χ4v) is 3.04. The number of hydrogen-bond donors (Lipinski definition) is 2. The Morgan fingerprint density at radius 2 is 1.75 bits per heavy atom. The second-order valence-electron chi connectivity index (χ2n) is 5.88. The topological polar surface area (TPSA) is 59.6 Å². The monoisotopic (exact) mass is 395 g/mol. The number of rotatable bonds is 4. The molecular weight excluding hydrogens is 365 g/mol. The predicted octanol–water partition coefficient (Wildman–Crippen LogP) is 3.19. The second kappa shape index (κ2) is 10.7. The summed E-state index contributed by atoms with van der Waals surface area (Å²) in [5.41, 5.74) is 5.97. The van der Waals surface area contributed by atoms with E-state index in [2.05, 4.69) is 10.3 Å². The molecule has 1 atom stereocenters. The van der Waals surface area contributed by atoms with Crippen molar-refractivity contribution in [1.29, 1.82) is 0 Å². The standard InChI is InChI=1S/C15H29N3O.HI/c16-15(18-13-7-3-1-2-4-8-13)17-11-10-14-9-5-6-12-19-14;/h13-14H,1-12H2,(H3,16,17,18);1H. The number of guanidine groups is 1. The molecule has 2 rings (SSSR count). The molecule has 0 aromatic heterocycles. The molecule has 2 aliphatic rings. The van der Waals surface area contributed by atoms with Gasteiger partial charge >= 0.3 is 0 Å². The van der Waals surface area contributed by atoms with Crippen LogP contribution in [0, 0.1) is 0 Å². The molecule has 0 aromatic rings. The Morgan fingerprint density at radius 3 is 2.40 bits per heavy atom. The maximum absolute atomic E-state index is 5.97. The predicted molar refractivity (Wildman–Crippen MR) is 94.7 cm³/mol. The molecule has 2 fully saturated rings. The quantitative estimate of drug-likeness (QED) is 0.333. The maximum Gasteiger partial charge on any atom is 0.188 e. The van der Waals surface area contributed by atoms with Crippen molar-refractivity contribution in [2.45, 2.75) is 76.4 Å². The summed E-state index contributed by atoms with van der Waals surface area (Å²) < 4.78 is 5.70. The van der Waals surface area contributed by atoms with Gasteiger partial charge in [-0.1, -0.05) is 25.7 Å². The van der Waals surface area contributed by atoms with Crippen LogP contribution in [0.4, 0.5) is 0 Å². The molecule has 1 saturated heterocycles. The van der Waals surface area contributed by atoms with Gasteiger partial charge in [-0.05, 0) is 38.5 Å². The molecule has 5 heteroatoms. The van der Waals surface area contributed by atoms with Crippen molar-refractivity contribution in [1.82, 2.24) is 5.32 Å². The van der Waals surface area contributed by atoms with Crippen LogP contribution in [0.2, 0.25) is 0 Å². The molecule has 1 aliphatic carbocycles. The minimum absolute atomic E-state index is 0. The molecule has 0 amide bonds. The molecule has 20 heavy (non-hydrogen) atoms. The highest BCUT2D eigenvalue weighted by atomic mass is 127.